The number of benzene rings is 1. The highest BCUT2D eigenvalue weighted by atomic mass is 79.9. The van der Waals surface area contributed by atoms with Crippen LogP contribution < -0.4 is 5.32 Å². The van der Waals surface area contributed by atoms with Crippen LogP contribution in [0.5, 0.6) is 0 Å². The lowest BCUT2D eigenvalue weighted by molar-refractivity contribution is 0.157. The van der Waals surface area contributed by atoms with E-state index in [4.69, 9.17) is 0 Å². The molecule has 112 valence electrons. The molecule has 1 atom stereocenters. The van der Waals surface area contributed by atoms with Gasteiger partial charge in [0.2, 0.25) is 0 Å². The Hall–Kier alpha value is -0.160. The summed E-state index contributed by atoms with van der Waals surface area (Å²) in [5, 5.41) is 3.37. The number of nitrogens with zero attached hydrogens (tertiary/aromatic N) is 1. The third-order valence-electron chi connectivity index (χ3n) is 4.16. The molecule has 0 aromatic heterocycles. The van der Waals surface area contributed by atoms with Crippen molar-refractivity contribution in [3.8, 4) is 0 Å². The Bertz CT molecular complexity index is 447. The molecular formula is C15H21BrClFN2. The second-order valence-electron chi connectivity index (χ2n) is 5.65. The summed E-state index contributed by atoms with van der Waals surface area (Å²) >= 11 is 3.47. The first-order chi connectivity index (χ1) is 9.24. The quantitative estimate of drug-likeness (QED) is 0.876. The first-order valence-corrected chi connectivity index (χ1v) is 7.93. The lowest BCUT2D eigenvalue weighted by Crippen LogP contribution is -2.45. The highest BCUT2D eigenvalue weighted by Crippen LogP contribution is 2.41. The minimum atomic E-state index is -0.0626. The third-order valence-corrected chi connectivity index (χ3v) is 4.66. The molecule has 2 nitrogen and oxygen atoms in total. The van der Waals surface area contributed by atoms with Crippen LogP contribution in [0.3, 0.4) is 0 Å². The predicted molar refractivity (Wildman–Crippen MR) is 85.9 cm³/mol. The first kappa shape index (κ1) is 16.2. The molecule has 0 unspecified atom stereocenters. The SMILES string of the molecule is Cl.Fc1ccc(Br)cc1[C@@H](CC1CC1)N1CCNCC1. The van der Waals surface area contributed by atoms with Gasteiger partial charge in [0.1, 0.15) is 5.82 Å². The van der Waals surface area contributed by atoms with Gasteiger partial charge in [-0.2, -0.15) is 0 Å². The molecule has 0 spiro atoms. The minimum absolute atomic E-state index is 0. The number of nitrogens with one attached hydrogen (secondary N) is 1. The maximum Gasteiger partial charge on any atom is 0.128 e. The van der Waals surface area contributed by atoms with Crippen LogP contribution in [0.1, 0.15) is 30.9 Å². The number of hydrogen-bond acceptors (Lipinski definition) is 2. The first-order valence-electron chi connectivity index (χ1n) is 7.14. The van der Waals surface area contributed by atoms with Crippen molar-refractivity contribution in [1.29, 1.82) is 0 Å². The average molecular weight is 364 g/mol. The molecule has 5 heteroatoms. The summed E-state index contributed by atoms with van der Waals surface area (Å²) in [5.41, 5.74) is 0.864. The monoisotopic (exact) mass is 362 g/mol. The lowest BCUT2D eigenvalue weighted by Gasteiger charge is -2.35. The maximum atomic E-state index is 14.2. The van der Waals surface area contributed by atoms with Gasteiger partial charge in [0.25, 0.3) is 0 Å². The van der Waals surface area contributed by atoms with Crippen LogP contribution in [0.4, 0.5) is 4.39 Å². The lowest BCUT2D eigenvalue weighted by atomic mass is 9.98. The fraction of sp³-hybridized carbons (Fsp3) is 0.600. The van der Waals surface area contributed by atoms with Gasteiger partial charge in [0.15, 0.2) is 0 Å². The molecule has 1 aromatic rings. The molecule has 1 saturated heterocycles. The van der Waals surface area contributed by atoms with Gasteiger partial charge in [0, 0.05) is 42.3 Å². The van der Waals surface area contributed by atoms with Crippen LogP contribution in [0.15, 0.2) is 22.7 Å². The van der Waals surface area contributed by atoms with E-state index in [2.05, 4.69) is 26.1 Å². The summed E-state index contributed by atoms with van der Waals surface area (Å²) in [6.45, 7) is 4.06. The topological polar surface area (TPSA) is 15.3 Å². The molecule has 1 N–H and O–H groups in total. The van der Waals surface area contributed by atoms with E-state index in [0.717, 1.165) is 48.6 Å². The van der Waals surface area contributed by atoms with Crippen molar-refractivity contribution in [3.63, 3.8) is 0 Å². The van der Waals surface area contributed by atoms with E-state index in [1.165, 1.54) is 12.8 Å². The molecule has 1 saturated carbocycles. The zero-order valence-corrected chi connectivity index (χ0v) is 13.9. The normalized spacial score (nSPS) is 21.3. The number of rotatable bonds is 4. The minimum Gasteiger partial charge on any atom is -0.314 e. The van der Waals surface area contributed by atoms with E-state index in [1.54, 1.807) is 12.1 Å². The van der Waals surface area contributed by atoms with E-state index in [1.807, 2.05) is 6.07 Å². The van der Waals surface area contributed by atoms with Gasteiger partial charge in [-0.15, -0.1) is 12.4 Å². The van der Waals surface area contributed by atoms with Crippen molar-refractivity contribution in [1.82, 2.24) is 10.2 Å². The second-order valence-corrected chi connectivity index (χ2v) is 6.56. The van der Waals surface area contributed by atoms with Crippen molar-refractivity contribution in [2.75, 3.05) is 26.2 Å². The van der Waals surface area contributed by atoms with Crippen LogP contribution in [0, 0.1) is 11.7 Å². The van der Waals surface area contributed by atoms with E-state index < -0.39 is 0 Å². The van der Waals surface area contributed by atoms with Gasteiger partial charge >= 0.3 is 0 Å². The summed E-state index contributed by atoms with van der Waals surface area (Å²) in [6.07, 6.45) is 3.74. The Morgan fingerprint density at radius 1 is 1.30 bits per heavy atom. The smallest absolute Gasteiger partial charge is 0.128 e. The van der Waals surface area contributed by atoms with Crippen LogP contribution >= 0.6 is 28.3 Å². The van der Waals surface area contributed by atoms with Crippen molar-refractivity contribution in [2.45, 2.75) is 25.3 Å². The summed E-state index contributed by atoms with van der Waals surface area (Å²) < 4.78 is 15.2. The van der Waals surface area contributed by atoms with E-state index in [-0.39, 0.29) is 24.3 Å². The molecule has 1 heterocycles. The van der Waals surface area contributed by atoms with E-state index in [9.17, 15) is 4.39 Å². The van der Waals surface area contributed by atoms with Crippen molar-refractivity contribution in [2.24, 2.45) is 5.92 Å². The molecule has 1 aromatic carbocycles. The number of hydrogen-bond donors (Lipinski definition) is 1. The van der Waals surface area contributed by atoms with Crippen molar-refractivity contribution in [3.05, 3.63) is 34.1 Å². The third kappa shape index (κ3) is 3.94. The molecule has 1 aliphatic carbocycles. The van der Waals surface area contributed by atoms with Crippen molar-refractivity contribution >= 4 is 28.3 Å². The summed E-state index contributed by atoms with van der Waals surface area (Å²) in [4.78, 5) is 2.44. The Morgan fingerprint density at radius 2 is 2.00 bits per heavy atom. The number of piperazine rings is 1. The van der Waals surface area contributed by atoms with Gasteiger partial charge in [-0.25, -0.2) is 4.39 Å². The predicted octanol–water partition coefficient (Wildman–Crippen LogP) is 3.76. The Kier molecular flexibility index (Phi) is 5.84. The molecule has 2 aliphatic rings. The highest BCUT2D eigenvalue weighted by molar-refractivity contribution is 9.10. The highest BCUT2D eigenvalue weighted by Gasteiger charge is 2.31. The van der Waals surface area contributed by atoms with Crippen LogP contribution in [-0.4, -0.2) is 31.1 Å². The Balaban J connectivity index is 0.00000147. The van der Waals surface area contributed by atoms with Crippen LogP contribution in [-0.2, 0) is 0 Å². The molecule has 2 fully saturated rings. The van der Waals surface area contributed by atoms with Gasteiger partial charge in [0.05, 0.1) is 0 Å². The average Bonchev–Trinajstić information content (AvgIpc) is 3.24. The largest absolute Gasteiger partial charge is 0.314 e. The summed E-state index contributed by atoms with van der Waals surface area (Å²) in [6, 6.07) is 5.57. The zero-order valence-electron chi connectivity index (χ0n) is 11.4. The van der Waals surface area contributed by atoms with Gasteiger partial charge in [-0.05, 0) is 30.5 Å². The Morgan fingerprint density at radius 3 is 2.65 bits per heavy atom. The fourth-order valence-electron chi connectivity index (χ4n) is 2.91. The van der Waals surface area contributed by atoms with Crippen LogP contribution in [0.2, 0.25) is 0 Å². The molecule has 20 heavy (non-hydrogen) atoms. The standard InChI is InChI=1S/C15H20BrFN2.ClH/c16-12-3-4-14(17)13(10-12)15(9-11-1-2-11)19-7-5-18-6-8-19;/h3-4,10-11,15,18H,1-2,5-9H2;1H/t15-;/m1./s1. The van der Waals surface area contributed by atoms with Gasteiger partial charge in [-0.3, -0.25) is 4.90 Å². The van der Waals surface area contributed by atoms with Crippen LogP contribution in [0.25, 0.3) is 0 Å². The second kappa shape index (κ2) is 7.21. The molecule has 3 rings (SSSR count). The summed E-state index contributed by atoms with van der Waals surface area (Å²) in [5.74, 6) is 0.741. The van der Waals surface area contributed by atoms with Gasteiger partial charge < -0.3 is 5.32 Å². The van der Waals surface area contributed by atoms with Gasteiger partial charge in [-0.1, -0.05) is 28.8 Å². The number of halogens is 3. The zero-order chi connectivity index (χ0) is 13.2. The van der Waals surface area contributed by atoms with E-state index >= 15 is 0 Å². The molecule has 1 aliphatic heterocycles. The maximum absolute atomic E-state index is 14.2. The Labute approximate surface area is 134 Å². The van der Waals surface area contributed by atoms with E-state index in [0.29, 0.717) is 0 Å². The van der Waals surface area contributed by atoms with Crippen molar-refractivity contribution < 1.29 is 4.39 Å². The molecular weight excluding hydrogens is 343 g/mol. The molecule has 0 bridgehead atoms. The molecule has 0 amide bonds. The fourth-order valence-corrected chi connectivity index (χ4v) is 3.28. The molecule has 0 radical (unpaired) electrons. The summed E-state index contributed by atoms with van der Waals surface area (Å²) in [7, 11) is 0.